The lowest BCUT2D eigenvalue weighted by molar-refractivity contribution is -0.115. The largest absolute Gasteiger partial charge is 0.376 e. The van der Waals surface area contributed by atoms with Gasteiger partial charge in [-0.15, -0.1) is 0 Å². The van der Waals surface area contributed by atoms with E-state index in [4.69, 9.17) is 4.74 Å². The first-order valence-electron chi connectivity index (χ1n) is 6.85. The van der Waals surface area contributed by atoms with Gasteiger partial charge in [0.15, 0.2) is 0 Å². The number of anilines is 1. The van der Waals surface area contributed by atoms with Crippen molar-refractivity contribution in [3.05, 3.63) is 65.2 Å². The van der Waals surface area contributed by atoms with Crippen LogP contribution in [0.3, 0.4) is 0 Å². The van der Waals surface area contributed by atoms with Crippen molar-refractivity contribution in [1.82, 2.24) is 0 Å². The molecule has 0 saturated carbocycles. The van der Waals surface area contributed by atoms with E-state index >= 15 is 0 Å². The van der Waals surface area contributed by atoms with Gasteiger partial charge in [-0.3, -0.25) is 4.79 Å². The Morgan fingerprint density at radius 2 is 1.90 bits per heavy atom. The van der Waals surface area contributed by atoms with Gasteiger partial charge in [-0.1, -0.05) is 42.5 Å². The third-order valence-electron chi connectivity index (χ3n) is 3.51. The topological polar surface area (TPSA) is 38.3 Å². The van der Waals surface area contributed by atoms with Gasteiger partial charge in [0, 0.05) is 5.69 Å². The van der Waals surface area contributed by atoms with Crippen LogP contribution in [0.5, 0.6) is 0 Å². The Hall–Kier alpha value is -2.13. The summed E-state index contributed by atoms with van der Waals surface area (Å²) in [7, 11) is 0. The average Bonchev–Trinajstić information content (AvgIpc) is 2.86. The Morgan fingerprint density at radius 1 is 1.05 bits per heavy atom. The molecule has 1 N–H and O–H groups in total. The predicted molar refractivity (Wildman–Crippen MR) is 78.6 cm³/mol. The first-order chi connectivity index (χ1) is 9.83. The van der Waals surface area contributed by atoms with Gasteiger partial charge in [-0.2, -0.15) is 0 Å². The van der Waals surface area contributed by atoms with Crippen molar-refractivity contribution >= 4 is 11.6 Å². The molecule has 0 spiro atoms. The molecule has 0 unspecified atom stereocenters. The molecule has 3 nitrogen and oxygen atoms in total. The van der Waals surface area contributed by atoms with Crippen LogP contribution in [-0.2, 0) is 29.0 Å². The van der Waals surface area contributed by atoms with Crippen LogP contribution in [-0.4, -0.2) is 12.5 Å². The molecular formula is C17H17NO2. The molecule has 2 aromatic rings. The number of nitrogens with one attached hydrogen (secondary N) is 1. The molecule has 0 bridgehead atoms. The molecule has 0 aliphatic carbocycles. The van der Waals surface area contributed by atoms with Crippen molar-refractivity contribution < 1.29 is 9.53 Å². The fraction of sp³-hybridized carbons (Fsp3) is 0.235. The number of amides is 1. The number of hydrogen-bond acceptors (Lipinski definition) is 2. The van der Waals surface area contributed by atoms with Gasteiger partial charge in [-0.05, 0) is 29.2 Å². The van der Waals surface area contributed by atoms with Crippen LogP contribution in [0.2, 0.25) is 0 Å². The monoisotopic (exact) mass is 267 g/mol. The standard InChI is InChI=1S/C17H17NO2/c19-17-11-15-14(7-4-8-16(15)18-17)9-10-20-12-13-5-2-1-3-6-13/h1-8H,9-12H2,(H,18,19). The molecule has 1 aliphatic rings. The highest BCUT2D eigenvalue weighted by Gasteiger charge is 2.19. The van der Waals surface area contributed by atoms with Gasteiger partial charge in [-0.25, -0.2) is 0 Å². The van der Waals surface area contributed by atoms with E-state index in [2.05, 4.69) is 23.5 Å². The third kappa shape index (κ3) is 2.89. The molecule has 0 fully saturated rings. The number of rotatable bonds is 5. The van der Waals surface area contributed by atoms with Crippen molar-refractivity contribution in [2.24, 2.45) is 0 Å². The molecule has 2 aromatic carbocycles. The lowest BCUT2D eigenvalue weighted by Crippen LogP contribution is -2.04. The first kappa shape index (κ1) is 12.9. The van der Waals surface area contributed by atoms with Gasteiger partial charge < -0.3 is 10.1 Å². The van der Waals surface area contributed by atoms with Gasteiger partial charge in [0.2, 0.25) is 5.91 Å². The number of hydrogen-bond donors (Lipinski definition) is 1. The lowest BCUT2D eigenvalue weighted by Gasteiger charge is -2.08. The van der Waals surface area contributed by atoms with E-state index in [0.29, 0.717) is 19.6 Å². The molecule has 3 rings (SSSR count). The highest BCUT2D eigenvalue weighted by Crippen LogP contribution is 2.26. The van der Waals surface area contributed by atoms with Crippen LogP contribution < -0.4 is 5.32 Å². The Bertz CT molecular complexity index is 608. The molecule has 0 aromatic heterocycles. The minimum Gasteiger partial charge on any atom is -0.376 e. The second kappa shape index (κ2) is 5.88. The second-order valence-electron chi connectivity index (χ2n) is 4.96. The number of ether oxygens (including phenoxy) is 1. The molecular weight excluding hydrogens is 250 g/mol. The van der Waals surface area contributed by atoms with Crippen molar-refractivity contribution in [2.75, 3.05) is 11.9 Å². The molecule has 0 atom stereocenters. The molecule has 0 radical (unpaired) electrons. The van der Waals surface area contributed by atoms with Crippen molar-refractivity contribution in [2.45, 2.75) is 19.4 Å². The molecule has 20 heavy (non-hydrogen) atoms. The average molecular weight is 267 g/mol. The minimum absolute atomic E-state index is 0.0812. The zero-order valence-corrected chi connectivity index (χ0v) is 11.3. The van der Waals surface area contributed by atoms with E-state index in [1.54, 1.807) is 0 Å². The molecule has 102 valence electrons. The second-order valence-corrected chi connectivity index (χ2v) is 4.96. The van der Waals surface area contributed by atoms with Crippen LogP contribution >= 0.6 is 0 Å². The fourth-order valence-electron chi connectivity index (χ4n) is 2.50. The summed E-state index contributed by atoms with van der Waals surface area (Å²) in [6.45, 7) is 1.30. The van der Waals surface area contributed by atoms with E-state index in [1.807, 2.05) is 30.3 Å². The molecule has 0 saturated heterocycles. The van der Waals surface area contributed by atoms with Crippen LogP contribution in [0.4, 0.5) is 5.69 Å². The third-order valence-corrected chi connectivity index (χ3v) is 3.51. The number of benzene rings is 2. The van der Waals surface area contributed by atoms with Gasteiger partial charge in [0.25, 0.3) is 0 Å². The number of carbonyl (C=O) groups excluding carboxylic acids is 1. The Morgan fingerprint density at radius 3 is 2.75 bits per heavy atom. The maximum absolute atomic E-state index is 11.4. The van der Waals surface area contributed by atoms with Crippen molar-refractivity contribution in [1.29, 1.82) is 0 Å². The summed E-state index contributed by atoms with van der Waals surface area (Å²) in [5.41, 5.74) is 4.47. The number of carbonyl (C=O) groups is 1. The normalized spacial score (nSPS) is 13.1. The van der Waals surface area contributed by atoms with E-state index in [0.717, 1.165) is 17.7 Å². The summed E-state index contributed by atoms with van der Waals surface area (Å²) in [6, 6.07) is 16.2. The molecule has 1 heterocycles. The summed E-state index contributed by atoms with van der Waals surface area (Å²) in [6.07, 6.45) is 1.33. The predicted octanol–water partition coefficient (Wildman–Crippen LogP) is 2.94. The van der Waals surface area contributed by atoms with E-state index in [9.17, 15) is 4.79 Å². The highest BCUT2D eigenvalue weighted by molar-refractivity contribution is 5.99. The maximum Gasteiger partial charge on any atom is 0.228 e. The SMILES string of the molecule is O=C1Cc2c(CCOCc3ccccc3)cccc2N1. The van der Waals surface area contributed by atoms with E-state index in [-0.39, 0.29) is 5.91 Å². The van der Waals surface area contributed by atoms with Crippen molar-refractivity contribution in [3.8, 4) is 0 Å². The van der Waals surface area contributed by atoms with Gasteiger partial charge in [0.05, 0.1) is 19.6 Å². The van der Waals surface area contributed by atoms with Crippen molar-refractivity contribution in [3.63, 3.8) is 0 Å². The lowest BCUT2D eigenvalue weighted by atomic mass is 10.0. The van der Waals surface area contributed by atoms with Crippen LogP contribution in [0.15, 0.2) is 48.5 Å². The van der Waals surface area contributed by atoms with Crippen LogP contribution in [0.25, 0.3) is 0 Å². The summed E-state index contributed by atoms with van der Waals surface area (Å²) in [5.74, 6) is 0.0812. The van der Waals surface area contributed by atoms with Gasteiger partial charge >= 0.3 is 0 Å². The maximum atomic E-state index is 11.4. The van der Waals surface area contributed by atoms with Crippen LogP contribution in [0, 0.1) is 0 Å². The molecule has 1 amide bonds. The summed E-state index contributed by atoms with van der Waals surface area (Å²) in [4.78, 5) is 11.4. The zero-order chi connectivity index (χ0) is 13.8. The Labute approximate surface area is 118 Å². The summed E-state index contributed by atoms with van der Waals surface area (Å²) in [5, 5.41) is 2.87. The first-order valence-corrected chi connectivity index (χ1v) is 6.85. The Balaban J connectivity index is 1.55. The fourth-order valence-corrected chi connectivity index (χ4v) is 2.50. The highest BCUT2D eigenvalue weighted by atomic mass is 16.5. The molecule has 3 heteroatoms. The van der Waals surface area contributed by atoms with E-state index in [1.165, 1.54) is 11.1 Å². The number of fused-ring (bicyclic) bond motifs is 1. The van der Waals surface area contributed by atoms with Gasteiger partial charge in [0.1, 0.15) is 0 Å². The molecule has 1 aliphatic heterocycles. The Kier molecular flexibility index (Phi) is 3.79. The summed E-state index contributed by atoms with van der Waals surface area (Å²) < 4.78 is 5.70. The zero-order valence-electron chi connectivity index (χ0n) is 11.3. The van der Waals surface area contributed by atoms with Crippen LogP contribution in [0.1, 0.15) is 16.7 Å². The minimum atomic E-state index is 0.0812. The van der Waals surface area contributed by atoms with E-state index < -0.39 is 0 Å². The summed E-state index contributed by atoms with van der Waals surface area (Å²) >= 11 is 0. The quantitative estimate of drug-likeness (QED) is 0.846. The smallest absolute Gasteiger partial charge is 0.228 e.